The molecule has 0 saturated carbocycles. The first kappa shape index (κ1) is 12.2. The molecular formula is C19H20. The predicted octanol–water partition coefficient (Wildman–Crippen LogP) is 5.66. The third kappa shape index (κ3) is 1.46. The molecule has 0 bridgehead atoms. The molecule has 0 radical (unpaired) electrons. The smallest absolute Gasteiger partial charge is 0.0159 e. The second-order valence-corrected chi connectivity index (χ2v) is 5.50. The van der Waals surface area contributed by atoms with Crippen molar-refractivity contribution in [3.05, 3.63) is 59.7 Å². The molecule has 1 aliphatic rings. The van der Waals surface area contributed by atoms with Crippen molar-refractivity contribution < 1.29 is 0 Å². The summed E-state index contributed by atoms with van der Waals surface area (Å²) < 4.78 is 0. The second-order valence-electron chi connectivity index (χ2n) is 5.50. The molecule has 0 fully saturated rings. The molecule has 1 aliphatic carbocycles. The van der Waals surface area contributed by atoms with Crippen molar-refractivity contribution in [2.45, 2.75) is 33.1 Å². The van der Waals surface area contributed by atoms with Gasteiger partial charge in [-0.2, -0.15) is 0 Å². The van der Waals surface area contributed by atoms with Gasteiger partial charge >= 0.3 is 0 Å². The molecule has 0 aromatic heterocycles. The molecule has 0 saturated heterocycles. The highest BCUT2D eigenvalue weighted by molar-refractivity contribution is 6.14. The van der Waals surface area contributed by atoms with Crippen LogP contribution < -0.4 is 0 Å². The summed E-state index contributed by atoms with van der Waals surface area (Å²) >= 11 is 0. The Balaban J connectivity index is 0.000000528. The van der Waals surface area contributed by atoms with E-state index >= 15 is 0 Å². The monoisotopic (exact) mass is 248 g/mol. The molecule has 0 N–H and O–H groups in total. The average Bonchev–Trinajstić information content (AvgIpc) is 2.70. The van der Waals surface area contributed by atoms with E-state index < -0.39 is 0 Å². The summed E-state index contributed by atoms with van der Waals surface area (Å²) in [7, 11) is 0. The van der Waals surface area contributed by atoms with E-state index in [1.54, 1.807) is 0 Å². The van der Waals surface area contributed by atoms with Gasteiger partial charge in [0.25, 0.3) is 0 Å². The summed E-state index contributed by atoms with van der Waals surface area (Å²) in [4.78, 5) is 0. The van der Waals surface area contributed by atoms with Gasteiger partial charge in [0.2, 0.25) is 0 Å². The van der Waals surface area contributed by atoms with Gasteiger partial charge in [0, 0.05) is 5.41 Å². The Bertz CT molecular complexity index is 699. The predicted molar refractivity (Wildman–Crippen MR) is 84.9 cm³/mol. The molecule has 0 heterocycles. The van der Waals surface area contributed by atoms with E-state index in [0.717, 1.165) is 0 Å². The van der Waals surface area contributed by atoms with Crippen LogP contribution in [0.25, 0.3) is 21.5 Å². The summed E-state index contributed by atoms with van der Waals surface area (Å²) in [5.41, 5.74) is 3.09. The lowest BCUT2D eigenvalue weighted by molar-refractivity contribution is 0.663. The van der Waals surface area contributed by atoms with Gasteiger partial charge in [-0.1, -0.05) is 76.2 Å². The number of rotatable bonds is 0. The Morgan fingerprint density at radius 1 is 0.632 bits per heavy atom. The molecule has 0 aliphatic heterocycles. The highest BCUT2D eigenvalue weighted by atomic mass is 14.4. The van der Waals surface area contributed by atoms with Gasteiger partial charge in [0.1, 0.15) is 0 Å². The topological polar surface area (TPSA) is 0 Å². The van der Waals surface area contributed by atoms with E-state index in [2.05, 4.69) is 62.4 Å². The molecule has 3 aromatic rings. The summed E-state index contributed by atoms with van der Waals surface area (Å²) in [6.45, 7) is 8.66. The van der Waals surface area contributed by atoms with Crippen LogP contribution in [0.3, 0.4) is 0 Å². The van der Waals surface area contributed by atoms with Crippen molar-refractivity contribution in [1.82, 2.24) is 0 Å². The van der Waals surface area contributed by atoms with Crippen LogP contribution in [0.2, 0.25) is 0 Å². The van der Waals surface area contributed by atoms with Gasteiger partial charge in [-0.15, -0.1) is 0 Å². The van der Waals surface area contributed by atoms with E-state index in [4.69, 9.17) is 0 Å². The lowest BCUT2D eigenvalue weighted by atomic mass is 9.82. The van der Waals surface area contributed by atoms with Crippen molar-refractivity contribution in [3.63, 3.8) is 0 Å². The molecule has 19 heavy (non-hydrogen) atoms. The zero-order valence-corrected chi connectivity index (χ0v) is 12.1. The summed E-state index contributed by atoms with van der Waals surface area (Å²) in [6.07, 6.45) is 0. The average molecular weight is 248 g/mol. The van der Waals surface area contributed by atoms with Crippen molar-refractivity contribution >= 4 is 21.5 Å². The molecular weight excluding hydrogens is 228 g/mol. The highest BCUT2D eigenvalue weighted by Gasteiger charge is 2.33. The Hall–Kier alpha value is -1.82. The Labute approximate surface area is 115 Å². The Morgan fingerprint density at radius 2 is 1.05 bits per heavy atom. The van der Waals surface area contributed by atoms with Crippen LogP contribution in [0.1, 0.15) is 38.8 Å². The molecule has 3 aromatic carbocycles. The first-order valence-corrected chi connectivity index (χ1v) is 7.15. The maximum atomic E-state index is 2.33. The van der Waals surface area contributed by atoms with Crippen LogP contribution in [0.15, 0.2) is 48.5 Å². The Morgan fingerprint density at radius 3 is 1.47 bits per heavy atom. The first-order valence-electron chi connectivity index (χ1n) is 7.15. The minimum Gasteiger partial charge on any atom is -0.0683 e. The molecule has 0 heteroatoms. The normalized spacial score (nSPS) is 14.7. The first-order chi connectivity index (χ1) is 9.19. The van der Waals surface area contributed by atoms with Gasteiger partial charge in [0.15, 0.2) is 0 Å². The Kier molecular flexibility index (Phi) is 2.63. The molecule has 0 amide bonds. The largest absolute Gasteiger partial charge is 0.0683 e. The van der Waals surface area contributed by atoms with Crippen LogP contribution in [-0.4, -0.2) is 0 Å². The van der Waals surface area contributed by atoms with Crippen LogP contribution in [0.5, 0.6) is 0 Å². The van der Waals surface area contributed by atoms with E-state index in [0.29, 0.717) is 0 Å². The number of hydrogen-bond acceptors (Lipinski definition) is 0. The van der Waals surface area contributed by atoms with Crippen LogP contribution in [0, 0.1) is 0 Å². The van der Waals surface area contributed by atoms with Gasteiger partial charge < -0.3 is 0 Å². The molecule has 4 rings (SSSR count). The maximum absolute atomic E-state index is 2.33. The fourth-order valence-electron chi connectivity index (χ4n) is 3.34. The van der Waals surface area contributed by atoms with Crippen molar-refractivity contribution in [2.75, 3.05) is 0 Å². The zero-order valence-electron chi connectivity index (χ0n) is 12.1. The molecule has 0 spiro atoms. The fourth-order valence-corrected chi connectivity index (χ4v) is 3.34. The zero-order chi connectivity index (χ0) is 13.6. The van der Waals surface area contributed by atoms with E-state index in [1.165, 1.54) is 32.7 Å². The van der Waals surface area contributed by atoms with Crippen molar-refractivity contribution in [1.29, 1.82) is 0 Å². The SMILES string of the molecule is CC.CC1(C)c2cccc3ccc4cccc1c4c23. The summed E-state index contributed by atoms with van der Waals surface area (Å²) in [5.74, 6) is 0. The second kappa shape index (κ2) is 4.09. The third-order valence-electron chi connectivity index (χ3n) is 4.23. The quantitative estimate of drug-likeness (QED) is 0.450. The minimum atomic E-state index is 0.142. The molecule has 0 unspecified atom stereocenters. The lowest BCUT2D eigenvalue weighted by Crippen LogP contribution is -2.14. The number of hydrogen-bond donors (Lipinski definition) is 0. The lowest BCUT2D eigenvalue weighted by Gasteiger charge is -2.21. The van der Waals surface area contributed by atoms with E-state index in [9.17, 15) is 0 Å². The van der Waals surface area contributed by atoms with Crippen molar-refractivity contribution in [3.8, 4) is 0 Å². The van der Waals surface area contributed by atoms with Crippen LogP contribution in [-0.2, 0) is 5.41 Å². The van der Waals surface area contributed by atoms with Crippen molar-refractivity contribution in [2.24, 2.45) is 0 Å². The highest BCUT2D eigenvalue weighted by Crippen LogP contribution is 2.48. The molecule has 0 nitrogen and oxygen atoms in total. The van der Waals surface area contributed by atoms with E-state index in [-0.39, 0.29) is 5.41 Å². The summed E-state index contributed by atoms with van der Waals surface area (Å²) in [6, 6.07) is 17.8. The minimum absolute atomic E-state index is 0.142. The van der Waals surface area contributed by atoms with Gasteiger partial charge in [-0.3, -0.25) is 0 Å². The van der Waals surface area contributed by atoms with Gasteiger partial charge in [-0.25, -0.2) is 0 Å². The fraction of sp³-hybridized carbons (Fsp3) is 0.263. The molecule has 0 atom stereocenters. The molecule has 96 valence electrons. The van der Waals surface area contributed by atoms with E-state index in [1.807, 2.05) is 13.8 Å². The third-order valence-corrected chi connectivity index (χ3v) is 4.23. The summed E-state index contributed by atoms with van der Waals surface area (Å²) in [5, 5.41) is 5.66. The van der Waals surface area contributed by atoms with Crippen LogP contribution >= 0.6 is 0 Å². The van der Waals surface area contributed by atoms with Gasteiger partial charge in [0.05, 0.1) is 0 Å². The standard InChI is InChI=1S/C17H14.C2H6/c1-17(2)13-7-3-5-11-9-10-12-6-4-8-14(17)16(12)15(11)13;1-2/h3-10H,1-2H3;1-2H3. The maximum Gasteiger partial charge on any atom is 0.0159 e. The number of benzene rings is 3. The van der Waals surface area contributed by atoms with Crippen LogP contribution in [0.4, 0.5) is 0 Å². The van der Waals surface area contributed by atoms with Gasteiger partial charge in [-0.05, 0) is 32.7 Å².